The number of methoxy groups -OCH3 is 1. The van der Waals surface area contributed by atoms with Crippen molar-refractivity contribution in [1.82, 2.24) is 9.88 Å². The van der Waals surface area contributed by atoms with E-state index < -0.39 is 0 Å². The number of carbonyl (C=O) groups excluding carboxylic acids is 3. The second kappa shape index (κ2) is 12.2. The maximum atomic E-state index is 13.0. The van der Waals surface area contributed by atoms with E-state index in [1.165, 1.54) is 43.9 Å². The molecule has 4 fully saturated rings. The topological polar surface area (TPSA) is 92.3 Å². The summed E-state index contributed by atoms with van der Waals surface area (Å²) in [5.41, 5.74) is 4.84. The van der Waals surface area contributed by atoms with Crippen molar-refractivity contribution in [1.29, 1.82) is 0 Å². The number of piperazine rings is 1. The summed E-state index contributed by atoms with van der Waals surface area (Å²) in [5, 5.41) is 0. The monoisotopic (exact) mass is 568 g/mol. The van der Waals surface area contributed by atoms with Gasteiger partial charge in [0.05, 0.1) is 19.2 Å². The maximum Gasteiger partial charge on any atom is 0.414 e. The number of carbonyl (C=O) groups is 3. The van der Waals surface area contributed by atoms with E-state index >= 15 is 0 Å². The molecular formula is C33H36N4O5. The van der Waals surface area contributed by atoms with E-state index in [9.17, 15) is 14.4 Å². The molecule has 42 heavy (non-hydrogen) atoms. The fourth-order valence-electron chi connectivity index (χ4n) is 5.50. The van der Waals surface area contributed by atoms with Crippen molar-refractivity contribution < 1.29 is 23.9 Å². The van der Waals surface area contributed by atoms with Gasteiger partial charge in [-0.15, -0.1) is 0 Å². The van der Waals surface area contributed by atoms with E-state index in [0.29, 0.717) is 43.3 Å². The molecule has 9 heteroatoms. The summed E-state index contributed by atoms with van der Waals surface area (Å²) in [6.45, 7) is 3.94. The summed E-state index contributed by atoms with van der Waals surface area (Å²) in [4.78, 5) is 46.3. The van der Waals surface area contributed by atoms with Crippen molar-refractivity contribution in [2.24, 2.45) is 0 Å². The lowest BCUT2D eigenvalue weighted by Gasteiger charge is -2.36. The molecule has 0 radical (unpaired) electrons. The first-order valence-corrected chi connectivity index (χ1v) is 14.7. The number of amides is 2. The van der Waals surface area contributed by atoms with Crippen LogP contribution in [0.25, 0.3) is 0 Å². The fraction of sp³-hybridized carbons (Fsp3) is 0.394. The lowest BCUT2D eigenvalue weighted by Crippen LogP contribution is -2.49. The van der Waals surface area contributed by atoms with Crippen LogP contribution in [0.1, 0.15) is 69.4 Å². The number of hydrogen-bond donors (Lipinski definition) is 0. The Kier molecular flexibility index (Phi) is 8.08. The molecule has 2 saturated heterocycles. The van der Waals surface area contributed by atoms with E-state index in [0.717, 1.165) is 30.5 Å². The molecule has 0 atom stereocenters. The minimum Gasteiger partial charge on any atom is -0.465 e. The van der Waals surface area contributed by atoms with Crippen LogP contribution >= 0.6 is 0 Å². The van der Waals surface area contributed by atoms with Crippen LogP contribution in [0.15, 0.2) is 66.9 Å². The van der Waals surface area contributed by atoms with Crippen LogP contribution in [-0.4, -0.2) is 74.3 Å². The highest BCUT2D eigenvalue weighted by atomic mass is 16.6. The van der Waals surface area contributed by atoms with Crippen molar-refractivity contribution in [3.05, 3.63) is 89.1 Å². The lowest BCUT2D eigenvalue weighted by molar-refractivity contribution is 0.0600. The van der Waals surface area contributed by atoms with Crippen molar-refractivity contribution in [3.8, 4) is 0 Å². The second-order valence-electron chi connectivity index (χ2n) is 11.2. The minimum atomic E-state index is -0.329. The molecule has 4 aliphatic rings. The van der Waals surface area contributed by atoms with Gasteiger partial charge in [0.2, 0.25) is 0 Å². The fourth-order valence-corrected chi connectivity index (χ4v) is 5.50. The van der Waals surface area contributed by atoms with Gasteiger partial charge in [0.15, 0.2) is 0 Å². The Balaban J connectivity index is 0.000000269. The van der Waals surface area contributed by atoms with Gasteiger partial charge >= 0.3 is 12.1 Å². The molecule has 0 N–H and O–H groups in total. The smallest absolute Gasteiger partial charge is 0.414 e. The quantitative estimate of drug-likeness (QED) is 0.376. The van der Waals surface area contributed by atoms with Gasteiger partial charge in [-0.1, -0.05) is 24.3 Å². The summed E-state index contributed by atoms with van der Waals surface area (Å²) >= 11 is 0. The van der Waals surface area contributed by atoms with Gasteiger partial charge in [0.25, 0.3) is 5.91 Å². The first-order valence-electron chi connectivity index (χ1n) is 14.7. The SMILES string of the molecule is COC(=O)c1ccccc1.O=C(c1ccc(N2CCOC2=O)cc1)N1CCN(c2ncc(C3CC3)cc2C2CC2)CC1. The average molecular weight is 569 g/mol. The van der Waals surface area contributed by atoms with Crippen LogP contribution in [0, 0.1) is 0 Å². The van der Waals surface area contributed by atoms with Gasteiger partial charge in [-0.05, 0) is 85.0 Å². The highest BCUT2D eigenvalue weighted by Crippen LogP contribution is 2.47. The van der Waals surface area contributed by atoms with Crippen molar-refractivity contribution in [2.45, 2.75) is 37.5 Å². The molecule has 7 rings (SSSR count). The van der Waals surface area contributed by atoms with E-state index in [-0.39, 0.29) is 18.0 Å². The summed E-state index contributed by atoms with van der Waals surface area (Å²) in [7, 11) is 1.37. The molecule has 1 aromatic heterocycles. The number of rotatable bonds is 6. The Labute approximate surface area is 246 Å². The zero-order valence-corrected chi connectivity index (χ0v) is 23.9. The van der Waals surface area contributed by atoms with Gasteiger partial charge in [0, 0.05) is 43.6 Å². The number of esters is 1. The number of ether oxygens (including phenoxy) is 2. The zero-order valence-electron chi connectivity index (χ0n) is 23.9. The molecule has 2 saturated carbocycles. The molecule has 2 aliphatic carbocycles. The summed E-state index contributed by atoms with van der Waals surface area (Å²) in [6, 6.07) is 18.5. The average Bonchev–Trinajstić information content (AvgIpc) is 3.99. The number of cyclic esters (lactones) is 1. The molecule has 9 nitrogen and oxygen atoms in total. The van der Waals surface area contributed by atoms with Gasteiger partial charge in [-0.2, -0.15) is 0 Å². The third kappa shape index (κ3) is 6.25. The minimum absolute atomic E-state index is 0.0413. The zero-order chi connectivity index (χ0) is 29.1. The molecule has 218 valence electrons. The van der Waals surface area contributed by atoms with Crippen molar-refractivity contribution >= 4 is 29.5 Å². The van der Waals surface area contributed by atoms with Crippen molar-refractivity contribution in [2.75, 3.05) is 56.2 Å². The number of benzene rings is 2. The van der Waals surface area contributed by atoms with Crippen LogP contribution in [0.4, 0.5) is 16.3 Å². The third-order valence-electron chi connectivity index (χ3n) is 8.23. The molecule has 3 heterocycles. The molecule has 0 spiro atoms. The number of nitrogens with zero attached hydrogens (tertiary/aromatic N) is 4. The van der Waals surface area contributed by atoms with Gasteiger partial charge in [0.1, 0.15) is 12.4 Å². The largest absolute Gasteiger partial charge is 0.465 e. The third-order valence-corrected chi connectivity index (χ3v) is 8.23. The number of pyridine rings is 1. The molecule has 0 bridgehead atoms. The first-order chi connectivity index (χ1) is 20.5. The Bertz CT molecular complexity index is 1430. The Morgan fingerprint density at radius 2 is 1.55 bits per heavy atom. The van der Waals surface area contributed by atoms with E-state index in [1.807, 2.05) is 23.1 Å². The van der Waals surface area contributed by atoms with Crippen LogP contribution in [0.5, 0.6) is 0 Å². The van der Waals surface area contributed by atoms with E-state index in [2.05, 4.69) is 21.9 Å². The van der Waals surface area contributed by atoms with Crippen LogP contribution in [0.3, 0.4) is 0 Å². The molecule has 3 aromatic rings. The molecular weight excluding hydrogens is 532 g/mol. The highest BCUT2D eigenvalue weighted by Gasteiger charge is 2.33. The second-order valence-corrected chi connectivity index (χ2v) is 11.2. The Hall–Kier alpha value is -4.40. The predicted molar refractivity (Wildman–Crippen MR) is 159 cm³/mol. The molecule has 0 unspecified atom stereocenters. The molecule has 2 aliphatic heterocycles. The van der Waals surface area contributed by atoms with E-state index in [4.69, 9.17) is 9.72 Å². The van der Waals surface area contributed by atoms with Crippen molar-refractivity contribution in [3.63, 3.8) is 0 Å². The van der Waals surface area contributed by atoms with Crippen LogP contribution in [0.2, 0.25) is 0 Å². The summed E-state index contributed by atoms with van der Waals surface area (Å²) in [5.74, 6) is 2.28. The molecule has 2 aromatic carbocycles. The van der Waals surface area contributed by atoms with Crippen LogP contribution < -0.4 is 9.80 Å². The highest BCUT2D eigenvalue weighted by molar-refractivity contribution is 5.96. The normalized spacial score (nSPS) is 18.2. The Morgan fingerprint density at radius 3 is 2.14 bits per heavy atom. The van der Waals surface area contributed by atoms with Gasteiger partial charge in [-0.3, -0.25) is 9.69 Å². The first kappa shape index (κ1) is 27.8. The lowest BCUT2D eigenvalue weighted by atomic mass is 10.1. The number of hydrogen-bond acceptors (Lipinski definition) is 7. The number of aromatic nitrogens is 1. The van der Waals surface area contributed by atoms with E-state index in [1.54, 1.807) is 41.3 Å². The predicted octanol–water partition coefficient (Wildman–Crippen LogP) is 5.23. The maximum absolute atomic E-state index is 13.0. The Morgan fingerprint density at radius 1 is 0.857 bits per heavy atom. The van der Waals surface area contributed by atoms with Gasteiger partial charge in [-0.25, -0.2) is 14.6 Å². The van der Waals surface area contributed by atoms with Crippen LogP contribution in [-0.2, 0) is 9.47 Å². The number of anilines is 2. The standard InChI is InChI=1S/C25H28N4O3.C8H8O2/c30-24(19-5-7-21(8-6-19)29-13-14-32-25(29)31)28-11-9-27(10-12-28)23-22(18-3-4-18)15-20(16-26-23)17-1-2-17;1-10-8(9)7-5-3-2-4-6-7/h5-8,15-18H,1-4,9-14H2;2-6H,1H3. The molecule has 2 amide bonds. The van der Waals surface area contributed by atoms with Gasteiger partial charge < -0.3 is 19.3 Å². The summed E-state index contributed by atoms with van der Waals surface area (Å²) in [6.07, 6.45) is 6.89. The summed E-state index contributed by atoms with van der Waals surface area (Å²) < 4.78 is 9.49.